The summed E-state index contributed by atoms with van der Waals surface area (Å²) in [5.74, 6) is -4.01. The Kier molecular flexibility index (Phi) is 6.93. The second-order valence-corrected chi connectivity index (χ2v) is 11.6. The van der Waals surface area contributed by atoms with Gasteiger partial charge in [-0.05, 0) is 30.2 Å². The molecule has 0 unspecified atom stereocenters. The van der Waals surface area contributed by atoms with Gasteiger partial charge in [-0.1, -0.05) is 25.1 Å². The Balaban J connectivity index is 1.76. The molecule has 2 saturated carbocycles. The van der Waals surface area contributed by atoms with Crippen molar-refractivity contribution in [2.75, 3.05) is 6.61 Å². The Bertz CT molecular complexity index is 1270. The van der Waals surface area contributed by atoms with Crippen molar-refractivity contribution in [2.24, 2.45) is 11.3 Å². The molecule has 1 saturated heterocycles. The van der Waals surface area contributed by atoms with Gasteiger partial charge in [-0.2, -0.15) is 0 Å². The number of fused-ring (bicyclic) bond motifs is 5. The Hall–Kier alpha value is -3.12. The van der Waals surface area contributed by atoms with Crippen molar-refractivity contribution in [3.05, 3.63) is 47.0 Å². The number of esters is 3. The predicted molar refractivity (Wildman–Crippen MR) is 136 cm³/mol. The molecule has 216 valence electrons. The van der Waals surface area contributed by atoms with Crippen LogP contribution in [0.3, 0.4) is 0 Å². The second kappa shape index (κ2) is 9.76. The van der Waals surface area contributed by atoms with Gasteiger partial charge in [0.15, 0.2) is 17.5 Å². The van der Waals surface area contributed by atoms with Gasteiger partial charge in [0.05, 0.1) is 24.2 Å². The third kappa shape index (κ3) is 4.18. The lowest BCUT2D eigenvalue weighted by Gasteiger charge is -2.66. The maximum absolute atomic E-state index is 13.5. The van der Waals surface area contributed by atoms with Crippen molar-refractivity contribution in [2.45, 2.75) is 88.7 Å². The topological polar surface area (TPSA) is 166 Å². The first-order valence-corrected chi connectivity index (χ1v) is 13.3. The van der Waals surface area contributed by atoms with Crippen LogP contribution in [0.1, 0.15) is 57.3 Å². The van der Waals surface area contributed by atoms with Crippen LogP contribution in [-0.4, -0.2) is 87.3 Å². The molecular weight excluding hydrogens is 524 g/mol. The number of ether oxygens (including phenoxy) is 4. The first-order valence-electron chi connectivity index (χ1n) is 13.3. The highest BCUT2D eigenvalue weighted by Crippen LogP contribution is 2.61. The van der Waals surface area contributed by atoms with Crippen LogP contribution in [0.5, 0.6) is 0 Å². The highest BCUT2D eigenvalue weighted by molar-refractivity contribution is 5.98. The minimum absolute atomic E-state index is 0.0567. The minimum Gasteiger partial charge on any atom is -0.455 e. The average molecular weight is 559 g/mol. The third-order valence-electron chi connectivity index (χ3n) is 9.24. The summed E-state index contributed by atoms with van der Waals surface area (Å²) < 4.78 is 23.2. The summed E-state index contributed by atoms with van der Waals surface area (Å²) in [7, 11) is 0. The maximum atomic E-state index is 13.5. The van der Waals surface area contributed by atoms with Crippen molar-refractivity contribution in [3.8, 4) is 0 Å². The molecule has 4 aliphatic rings. The molecule has 1 aliphatic heterocycles. The molecule has 11 heteroatoms. The molecule has 3 N–H and O–H groups in total. The largest absolute Gasteiger partial charge is 0.455 e. The zero-order chi connectivity index (χ0) is 29.2. The van der Waals surface area contributed by atoms with E-state index in [2.05, 4.69) is 0 Å². The quantitative estimate of drug-likeness (QED) is 0.357. The summed E-state index contributed by atoms with van der Waals surface area (Å²) in [6.07, 6.45) is -7.59. The van der Waals surface area contributed by atoms with Crippen molar-refractivity contribution < 1.29 is 53.4 Å². The number of rotatable bonds is 4. The van der Waals surface area contributed by atoms with E-state index in [0.717, 1.165) is 6.92 Å². The number of carbonyl (C=O) groups is 4. The molecular formula is C29H34O11. The van der Waals surface area contributed by atoms with Crippen LogP contribution in [-0.2, 0) is 33.3 Å². The van der Waals surface area contributed by atoms with E-state index < -0.39 is 83.2 Å². The van der Waals surface area contributed by atoms with Crippen LogP contribution in [0.4, 0.5) is 0 Å². The van der Waals surface area contributed by atoms with Gasteiger partial charge in [-0.25, -0.2) is 4.79 Å². The number of aliphatic hydroxyl groups excluding tert-OH is 2. The van der Waals surface area contributed by atoms with Crippen LogP contribution in [0.15, 0.2) is 41.5 Å². The van der Waals surface area contributed by atoms with Crippen LogP contribution in [0.25, 0.3) is 0 Å². The molecule has 0 aromatic heterocycles. The number of ketones is 1. The van der Waals surface area contributed by atoms with E-state index in [1.807, 2.05) is 0 Å². The molecule has 0 radical (unpaired) electrons. The van der Waals surface area contributed by atoms with E-state index in [0.29, 0.717) is 0 Å². The molecule has 5 rings (SSSR count). The van der Waals surface area contributed by atoms with Crippen molar-refractivity contribution in [3.63, 3.8) is 0 Å². The zero-order valence-corrected chi connectivity index (χ0v) is 22.8. The number of benzene rings is 1. The summed E-state index contributed by atoms with van der Waals surface area (Å²) in [4.78, 5) is 51.4. The standard InChI is InChI=1S/C29H34O11/c1-14-18-11-28(36,12-19(14)32)25(39-26(35)17-8-6-5-7-9-17)23-27(4,24(34)22(18)38-15(2)30)20(33)10-21-29(23,13-37-21)40-16(3)31/h5-9,20-25,33-34,36H,10-13H2,1-4H3/t20-,21+,22-,23-,24+,25+,27-,28-,29+/m1/s1. The monoisotopic (exact) mass is 558 g/mol. The SMILES string of the molecule is CC(=O)O[C@@H]1C2=C(C)C(=O)C[C@](O)(C2)[C@@H](OC(=O)c2ccccc2)[C@H]2[C@]3(OC(C)=O)CO[C@H]3C[C@@H](O)[C@@]2(C)[C@H]1O. The first kappa shape index (κ1) is 28.4. The summed E-state index contributed by atoms with van der Waals surface area (Å²) in [5, 5.41) is 35.9. The van der Waals surface area contributed by atoms with Gasteiger partial charge >= 0.3 is 17.9 Å². The summed E-state index contributed by atoms with van der Waals surface area (Å²) in [6, 6.07) is 8.03. The first-order chi connectivity index (χ1) is 18.7. The van der Waals surface area contributed by atoms with E-state index in [1.54, 1.807) is 18.2 Å². The van der Waals surface area contributed by atoms with Crippen molar-refractivity contribution >= 4 is 23.7 Å². The summed E-state index contributed by atoms with van der Waals surface area (Å²) in [5.41, 5.74) is -4.74. The highest BCUT2D eigenvalue weighted by atomic mass is 16.6. The number of allylic oxidation sites excluding steroid dienone is 1. The average Bonchev–Trinajstić information content (AvgIpc) is 2.89. The molecule has 1 heterocycles. The van der Waals surface area contributed by atoms with E-state index in [4.69, 9.17) is 18.9 Å². The molecule has 9 atom stereocenters. The van der Waals surface area contributed by atoms with Crippen LogP contribution in [0.2, 0.25) is 0 Å². The van der Waals surface area contributed by atoms with E-state index >= 15 is 0 Å². The van der Waals surface area contributed by atoms with Crippen LogP contribution in [0, 0.1) is 11.3 Å². The third-order valence-corrected chi connectivity index (χ3v) is 9.24. The lowest BCUT2D eigenvalue weighted by atomic mass is 9.48. The normalized spacial score (nSPS) is 40.4. The lowest BCUT2D eigenvalue weighted by molar-refractivity contribution is -0.358. The van der Waals surface area contributed by atoms with E-state index in [-0.39, 0.29) is 36.2 Å². The molecule has 1 aromatic rings. The van der Waals surface area contributed by atoms with Crippen LogP contribution >= 0.6 is 0 Å². The Morgan fingerprint density at radius 1 is 1.02 bits per heavy atom. The molecule has 3 aliphatic carbocycles. The molecule has 2 bridgehead atoms. The number of Topliss-reactive ketones (excluding diaryl/α,β-unsaturated/α-hetero) is 1. The van der Waals surface area contributed by atoms with Gasteiger partial charge in [0.25, 0.3) is 0 Å². The maximum Gasteiger partial charge on any atom is 0.338 e. The fourth-order valence-electron chi connectivity index (χ4n) is 7.21. The molecule has 0 spiro atoms. The van der Waals surface area contributed by atoms with Crippen LogP contribution < -0.4 is 0 Å². The molecule has 40 heavy (non-hydrogen) atoms. The lowest BCUT2D eigenvalue weighted by Crippen LogP contribution is -2.80. The number of carbonyl (C=O) groups excluding carboxylic acids is 4. The highest BCUT2D eigenvalue weighted by Gasteiger charge is 2.75. The van der Waals surface area contributed by atoms with Crippen molar-refractivity contribution in [1.82, 2.24) is 0 Å². The van der Waals surface area contributed by atoms with Gasteiger partial charge in [-0.3, -0.25) is 14.4 Å². The Morgan fingerprint density at radius 3 is 2.27 bits per heavy atom. The van der Waals surface area contributed by atoms with Gasteiger partial charge in [0, 0.05) is 38.5 Å². The Labute approximate surface area is 231 Å². The number of aliphatic hydroxyl groups is 3. The Morgan fingerprint density at radius 2 is 1.70 bits per heavy atom. The van der Waals surface area contributed by atoms with Gasteiger partial charge in [0.2, 0.25) is 0 Å². The van der Waals surface area contributed by atoms with E-state index in [9.17, 15) is 34.5 Å². The second-order valence-electron chi connectivity index (χ2n) is 11.6. The van der Waals surface area contributed by atoms with Gasteiger partial charge in [-0.15, -0.1) is 0 Å². The number of hydrogen-bond donors (Lipinski definition) is 3. The molecule has 3 fully saturated rings. The van der Waals surface area contributed by atoms with Crippen molar-refractivity contribution in [1.29, 1.82) is 0 Å². The molecule has 11 nitrogen and oxygen atoms in total. The fourth-order valence-corrected chi connectivity index (χ4v) is 7.21. The number of hydrogen-bond acceptors (Lipinski definition) is 11. The van der Waals surface area contributed by atoms with E-state index in [1.165, 1.54) is 32.9 Å². The van der Waals surface area contributed by atoms with Gasteiger partial charge in [0.1, 0.15) is 23.9 Å². The predicted octanol–water partition coefficient (Wildman–Crippen LogP) is 1.02. The summed E-state index contributed by atoms with van der Waals surface area (Å²) in [6.45, 7) is 5.22. The minimum atomic E-state index is -2.06. The zero-order valence-electron chi connectivity index (χ0n) is 22.8. The summed E-state index contributed by atoms with van der Waals surface area (Å²) >= 11 is 0. The molecule has 0 amide bonds. The smallest absolute Gasteiger partial charge is 0.338 e. The van der Waals surface area contributed by atoms with Gasteiger partial charge < -0.3 is 34.3 Å². The fraction of sp³-hybridized carbons (Fsp3) is 0.586. The molecule has 1 aromatic carbocycles.